The number of Topliss-reactive ketones (excluding diaryl/α,β-unsaturated/α-hetero) is 1. The van der Waals surface area contributed by atoms with Gasteiger partial charge in [0, 0.05) is 17.4 Å². The average Bonchev–Trinajstić information content (AvgIpc) is 2.63. The number of fused-ring (bicyclic) bond motifs is 1. The maximum atomic E-state index is 11.1. The number of halogens is 1. The summed E-state index contributed by atoms with van der Waals surface area (Å²) in [6, 6.07) is 5.92. The maximum Gasteiger partial charge on any atom is 0.131 e. The zero-order valence-corrected chi connectivity index (χ0v) is 11.2. The molecule has 0 amide bonds. The van der Waals surface area contributed by atoms with Crippen LogP contribution in [0, 0.1) is 0 Å². The molecule has 0 aliphatic carbocycles. The lowest BCUT2D eigenvalue weighted by Crippen LogP contribution is -2.10. The highest BCUT2D eigenvalue weighted by Gasteiger charge is 2.10. The zero-order valence-electron chi connectivity index (χ0n) is 9.61. The quantitative estimate of drug-likeness (QED) is 0.941. The molecule has 0 unspecified atom stereocenters. The largest absolute Gasteiger partial charge is 0.326 e. The molecular weight excluding hydrogens is 282 g/mol. The zero-order chi connectivity index (χ0) is 12.4. The van der Waals surface area contributed by atoms with Crippen LogP contribution in [-0.2, 0) is 17.9 Å². The van der Waals surface area contributed by atoms with Gasteiger partial charge >= 0.3 is 0 Å². The molecule has 0 saturated heterocycles. The third-order valence-corrected chi connectivity index (χ3v) is 3.15. The highest BCUT2D eigenvalue weighted by molar-refractivity contribution is 9.10. The first-order valence-electron chi connectivity index (χ1n) is 5.46. The molecule has 0 fully saturated rings. The number of hydrogen-bond donors (Lipinski definition) is 1. The summed E-state index contributed by atoms with van der Waals surface area (Å²) in [7, 11) is 0. The molecule has 2 aromatic rings. The fraction of sp³-hybridized carbons (Fsp3) is 0.333. The number of imidazole rings is 1. The predicted octanol–water partition coefficient (Wildman–Crippen LogP) is 2.24. The molecule has 2 N–H and O–H groups in total. The van der Waals surface area contributed by atoms with Gasteiger partial charge in [-0.05, 0) is 25.1 Å². The van der Waals surface area contributed by atoms with Crippen molar-refractivity contribution in [3.05, 3.63) is 28.5 Å². The molecule has 2 rings (SSSR count). The standard InChI is InChI=1S/C12H14BrN3O/c1-8(17)4-5-16-11-3-2-9(13)6-10(11)15-12(16)7-14/h2-3,6H,4-5,7,14H2,1H3. The van der Waals surface area contributed by atoms with Crippen molar-refractivity contribution in [1.82, 2.24) is 9.55 Å². The third-order valence-electron chi connectivity index (χ3n) is 2.66. The minimum atomic E-state index is 0.173. The van der Waals surface area contributed by atoms with E-state index in [9.17, 15) is 4.79 Å². The van der Waals surface area contributed by atoms with E-state index in [0.717, 1.165) is 21.3 Å². The first-order valence-corrected chi connectivity index (χ1v) is 6.25. The van der Waals surface area contributed by atoms with E-state index < -0.39 is 0 Å². The van der Waals surface area contributed by atoms with Crippen LogP contribution >= 0.6 is 15.9 Å². The van der Waals surface area contributed by atoms with Crippen LogP contribution in [0.2, 0.25) is 0 Å². The Bertz CT molecular complexity index is 562. The van der Waals surface area contributed by atoms with Gasteiger partial charge in [0.25, 0.3) is 0 Å². The molecule has 1 heterocycles. The number of aromatic nitrogens is 2. The summed E-state index contributed by atoms with van der Waals surface area (Å²) in [6.07, 6.45) is 0.508. The van der Waals surface area contributed by atoms with E-state index in [4.69, 9.17) is 5.73 Å². The lowest BCUT2D eigenvalue weighted by molar-refractivity contribution is -0.117. The Morgan fingerprint density at radius 3 is 2.94 bits per heavy atom. The van der Waals surface area contributed by atoms with Crippen LogP contribution < -0.4 is 5.73 Å². The monoisotopic (exact) mass is 295 g/mol. The van der Waals surface area contributed by atoms with E-state index in [1.807, 2.05) is 22.8 Å². The second-order valence-electron chi connectivity index (χ2n) is 3.97. The van der Waals surface area contributed by atoms with Crippen molar-refractivity contribution in [2.45, 2.75) is 26.4 Å². The minimum absolute atomic E-state index is 0.173. The Morgan fingerprint density at radius 2 is 2.29 bits per heavy atom. The van der Waals surface area contributed by atoms with Crippen molar-refractivity contribution < 1.29 is 4.79 Å². The third kappa shape index (κ3) is 2.56. The molecule has 0 bridgehead atoms. The predicted molar refractivity (Wildman–Crippen MR) is 70.6 cm³/mol. The number of carbonyl (C=O) groups excluding carboxylic acids is 1. The van der Waals surface area contributed by atoms with Gasteiger partial charge in [-0.25, -0.2) is 4.98 Å². The molecule has 0 aliphatic rings. The Kier molecular flexibility index (Phi) is 3.59. The van der Waals surface area contributed by atoms with Gasteiger partial charge in [-0.15, -0.1) is 0 Å². The number of carbonyl (C=O) groups is 1. The van der Waals surface area contributed by atoms with Crippen LogP contribution in [0.5, 0.6) is 0 Å². The van der Waals surface area contributed by atoms with Gasteiger partial charge in [0.1, 0.15) is 11.6 Å². The minimum Gasteiger partial charge on any atom is -0.326 e. The SMILES string of the molecule is CC(=O)CCn1c(CN)nc2cc(Br)ccc21. The summed E-state index contributed by atoms with van der Waals surface area (Å²) in [4.78, 5) is 15.5. The lowest BCUT2D eigenvalue weighted by atomic mass is 10.3. The summed E-state index contributed by atoms with van der Waals surface area (Å²) >= 11 is 3.42. The molecule has 0 radical (unpaired) electrons. The highest BCUT2D eigenvalue weighted by Crippen LogP contribution is 2.21. The molecule has 0 spiro atoms. The molecule has 1 aromatic carbocycles. The second-order valence-corrected chi connectivity index (χ2v) is 4.88. The van der Waals surface area contributed by atoms with Crippen molar-refractivity contribution in [3.63, 3.8) is 0 Å². The van der Waals surface area contributed by atoms with Crippen molar-refractivity contribution in [2.24, 2.45) is 5.73 Å². The molecule has 0 saturated carbocycles. The summed E-state index contributed by atoms with van der Waals surface area (Å²) < 4.78 is 3.01. The van der Waals surface area contributed by atoms with Gasteiger partial charge in [0.15, 0.2) is 0 Å². The Labute approximate surface area is 108 Å². The van der Waals surface area contributed by atoms with E-state index >= 15 is 0 Å². The maximum absolute atomic E-state index is 11.1. The topological polar surface area (TPSA) is 60.9 Å². The molecule has 5 heteroatoms. The molecular formula is C12H14BrN3O. The van der Waals surface area contributed by atoms with Gasteiger partial charge < -0.3 is 10.3 Å². The summed E-state index contributed by atoms with van der Waals surface area (Å²) in [5.74, 6) is 0.992. The van der Waals surface area contributed by atoms with Gasteiger partial charge in [-0.2, -0.15) is 0 Å². The molecule has 0 atom stereocenters. The Balaban J connectivity index is 2.47. The number of nitrogens with zero attached hydrogens (tertiary/aromatic N) is 2. The summed E-state index contributed by atoms with van der Waals surface area (Å²) in [5, 5.41) is 0. The molecule has 4 nitrogen and oxygen atoms in total. The fourth-order valence-corrected chi connectivity index (χ4v) is 2.18. The highest BCUT2D eigenvalue weighted by atomic mass is 79.9. The van der Waals surface area contributed by atoms with Crippen molar-refractivity contribution in [3.8, 4) is 0 Å². The van der Waals surface area contributed by atoms with Gasteiger partial charge in [0.05, 0.1) is 17.6 Å². The number of benzene rings is 1. The number of rotatable bonds is 4. The fourth-order valence-electron chi connectivity index (χ4n) is 1.83. The van der Waals surface area contributed by atoms with E-state index in [2.05, 4.69) is 20.9 Å². The summed E-state index contributed by atoms with van der Waals surface area (Å²) in [6.45, 7) is 2.61. The van der Waals surface area contributed by atoms with Gasteiger partial charge in [-0.1, -0.05) is 15.9 Å². The van der Waals surface area contributed by atoms with Crippen LogP contribution in [0.1, 0.15) is 19.2 Å². The Morgan fingerprint density at radius 1 is 1.53 bits per heavy atom. The van der Waals surface area contributed by atoms with Crippen molar-refractivity contribution in [2.75, 3.05) is 0 Å². The van der Waals surface area contributed by atoms with E-state index in [1.54, 1.807) is 6.92 Å². The first kappa shape index (κ1) is 12.3. The van der Waals surface area contributed by atoms with Gasteiger partial charge in [-0.3, -0.25) is 4.79 Å². The number of ketones is 1. The normalized spacial score (nSPS) is 11.0. The number of nitrogens with two attached hydrogens (primary N) is 1. The molecule has 1 aromatic heterocycles. The van der Waals surface area contributed by atoms with Crippen molar-refractivity contribution in [1.29, 1.82) is 0 Å². The average molecular weight is 296 g/mol. The van der Waals surface area contributed by atoms with Crippen LogP contribution in [0.25, 0.3) is 11.0 Å². The van der Waals surface area contributed by atoms with E-state index in [1.165, 1.54) is 0 Å². The smallest absolute Gasteiger partial charge is 0.131 e. The van der Waals surface area contributed by atoms with Crippen LogP contribution in [-0.4, -0.2) is 15.3 Å². The first-order chi connectivity index (χ1) is 8.11. The van der Waals surface area contributed by atoms with Crippen molar-refractivity contribution >= 4 is 32.7 Å². The van der Waals surface area contributed by atoms with E-state index in [-0.39, 0.29) is 5.78 Å². The lowest BCUT2D eigenvalue weighted by Gasteiger charge is -2.06. The van der Waals surface area contributed by atoms with Crippen LogP contribution in [0.3, 0.4) is 0 Å². The van der Waals surface area contributed by atoms with Crippen LogP contribution in [0.4, 0.5) is 0 Å². The van der Waals surface area contributed by atoms with Crippen LogP contribution in [0.15, 0.2) is 22.7 Å². The number of hydrogen-bond acceptors (Lipinski definition) is 3. The summed E-state index contributed by atoms with van der Waals surface area (Å²) in [5.41, 5.74) is 7.61. The molecule has 0 aliphatic heterocycles. The second kappa shape index (κ2) is 4.98. The Hall–Kier alpha value is -1.20. The molecule has 17 heavy (non-hydrogen) atoms. The number of aryl methyl sites for hydroxylation is 1. The van der Waals surface area contributed by atoms with Gasteiger partial charge in [0.2, 0.25) is 0 Å². The van der Waals surface area contributed by atoms with E-state index in [0.29, 0.717) is 19.5 Å². The molecule has 90 valence electrons.